The van der Waals surface area contributed by atoms with E-state index in [1.807, 2.05) is 30.3 Å². The van der Waals surface area contributed by atoms with Crippen molar-refractivity contribution >= 4 is 11.9 Å². The van der Waals surface area contributed by atoms with Crippen LogP contribution in [0.15, 0.2) is 30.3 Å². The Morgan fingerprint density at radius 2 is 1.95 bits per heavy atom. The van der Waals surface area contributed by atoms with E-state index in [2.05, 4.69) is 0 Å². The molecule has 4 N–H and O–H groups in total. The van der Waals surface area contributed by atoms with Crippen LogP contribution in [0.2, 0.25) is 0 Å². The molecule has 1 aromatic carbocycles. The maximum atomic E-state index is 11.6. The van der Waals surface area contributed by atoms with Crippen LogP contribution in [0.3, 0.4) is 0 Å². The Morgan fingerprint density at radius 1 is 1.29 bits per heavy atom. The van der Waals surface area contributed by atoms with Gasteiger partial charge in [0.25, 0.3) is 0 Å². The van der Waals surface area contributed by atoms with Crippen LogP contribution in [-0.4, -0.2) is 33.8 Å². The number of aliphatic carboxylic acids is 2. The Bertz CT molecular complexity index is 575. The molecule has 0 bridgehead atoms. The summed E-state index contributed by atoms with van der Waals surface area (Å²) in [5, 5.41) is 18.5. The van der Waals surface area contributed by atoms with Crippen molar-refractivity contribution in [2.45, 2.75) is 24.7 Å². The molecule has 1 aromatic rings. The highest BCUT2D eigenvalue weighted by atomic mass is 16.5. The van der Waals surface area contributed by atoms with Gasteiger partial charge in [0.1, 0.15) is 5.54 Å². The van der Waals surface area contributed by atoms with Crippen LogP contribution in [-0.2, 0) is 20.9 Å². The van der Waals surface area contributed by atoms with Crippen LogP contribution in [0.5, 0.6) is 0 Å². The minimum absolute atomic E-state index is 0.190. The average molecular weight is 291 g/mol. The molecule has 0 heterocycles. The predicted octanol–water partition coefficient (Wildman–Crippen LogP) is 0.704. The number of nitrogens with two attached hydrogens (primary N) is 1. The molecule has 5 atom stereocenters. The van der Waals surface area contributed by atoms with Gasteiger partial charge in [-0.2, -0.15) is 0 Å². The second-order valence-corrected chi connectivity index (χ2v) is 5.81. The first-order chi connectivity index (χ1) is 9.96. The van der Waals surface area contributed by atoms with E-state index in [-0.39, 0.29) is 12.5 Å². The number of rotatable bonds is 5. The third-order valence-electron chi connectivity index (χ3n) is 4.69. The van der Waals surface area contributed by atoms with Gasteiger partial charge in [-0.15, -0.1) is 0 Å². The molecule has 0 aromatic heterocycles. The SMILES string of the molecule is N[C@]1(C(=O)O)[C@H]2[C@@H](C[C@H]1OCc1ccccc1)[C@@H]2C(=O)O. The van der Waals surface area contributed by atoms with Gasteiger partial charge in [0, 0.05) is 5.92 Å². The molecule has 0 aliphatic heterocycles. The van der Waals surface area contributed by atoms with E-state index in [9.17, 15) is 14.7 Å². The number of fused-ring (bicyclic) bond motifs is 1. The molecule has 2 saturated carbocycles. The number of ether oxygens (including phenoxy) is 1. The van der Waals surface area contributed by atoms with E-state index in [1.54, 1.807) is 0 Å². The average Bonchev–Trinajstić information content (AvgIpc) is 3.11. The number of benzene rings is 1. The fourth-order valence-electron chi connectivity index (χ4n) is 3.57. The van der Waals surface area contributed by atoms with Gasteiger partial charge in [-0.25, -0.2) is 0 Å². The quantitative estimate of drug-likeness (QED) is 0.737. The number of carboxylic acid groups (broad SMARTS) is 2. The zero-order valence-electron chi connectivity index (χ0n) is 11.3. The fourth-order valence-corrected chi connectivity index (χ4v) is 3.57. The van der Waals surface area contributed by atoms with Crippen LogP contribution in [0.4, 0.5) is 0 Å². The normalized spacial score (nSPS) is 37.0. The van der Waals surface area contributed by atoms with Crippen molar-refractivity contribution in [1.29, 1.82) is 0 Å². The lowest BCUT2D eigenvalue weighted by atomic mass is 9.89. The molecular formula is C15H17NO5. The molecule has 0 radical (unpaired) electrons. The van der Waals surface area contributed by atoms with E-state index in [4.69, 9.17) is 15.6 Å². The monoisotopic (exact) mass is 291 g/mol. The van der Waals surface area contributed by atoms with E-state index in [0.717, 1.165) is 5.56 Å². The van der Waals surface area contributed by atoms with Crippen LogP contribution < -0.4 is 5.73 Å². The van der Waals surface area contributed by atoms with Gasteiger partial charge in [0.2, 0.25) is 0 Å². The summed E-state index contributed by atoms with van der Waals surface area (Å²) in [6.07, 6.45) is -0.266. The molecule has 6 heteroatoms. The third-order valence-corrected chi connectivity index (χ3v) is 4.69. The summed E-state index contributed by atoms with van der Waals surface area (Å²) < 4.78 is 5.70. The molecular weight excluding hydrogens is 274 g/mol. The summed E-state index contributed by atoms with van der Waals surface area (Å²) in [6.45, 7) is 0.273. The first-order valence-electron chi connectivity index (χ1n) is 6.87. The second-order valence-electron chi connectivity index (χ2n) is 5.81. The van der Waals surface area contributed by atoms with E-state index >= 15 is 0 Å². The Morgan fingerprint density at radius 3 is 2.52 bits per heavy atom. The molecule has 112 valence electrons. The molecule has 0 spiro atoms. The molecule has 0 unspecified atom stereocenters. The Labute approximate surface area is 121 Å². The largest absolute Gasteiger partial charge is 0.481 e. The first kappa shape index (κ1) is 14.0. The zero-order chi connectivity index (χ0) is 15.2. The van der Waals surface area contributed by atoms with E-state index in [1.165, 1.54) is 0 Å². The first-order valence-corrected chi connectivity index (χ1v) is 6.87. The van der Waals surface area contributed by atoms with Crippen LogP contribution >= 0.6 is 0 Å². The lowest BCUT2D eigenvalue weighted by molar-refractivity contribution is -0.152. The minimum Gasteiger partial charge on any atom is -0.481 e. The maximum absolute atomic E-state index is 11.6. The highest BCUT2D eigenvalue weighted by Crippen LogP contribution is 2.62. The third kappa shape index (κ3) is 2.11. The van der Waals surface area contributed by atoms with Gasteiger partial charge < -0.3 is 20.7 Å². The fraction of sp³-hybridized carbons (Fsp3) is 0.467. The van der Waals surface area contributed by atoms with Crippen molar-refractivity contribution in [3.05, 3.63) is 35.9 Å². The smallest absolute Gasteiger partial charge is 0.326 e. The predicted molar refractivity (Wildman–Crippen MR) is 72.3 cm³/mol. The molecule has 3 rings (SSSR count). The van der Waals surface area contributed by atoms with Crippen LogP contribution in [0.1, 0.15) is 12.0 Å². The Hall–Kier alpha value is -1.92. The number of carbonyl (C=O) groups is 2. The summed E-state index contributed by atoms with van der Waals surface area (Å²) in [5.74, 6) is -3.53. The molecule has 21 heavy (non-hydrogen) atoms. The zero-order valence-corrected chi connectivity index (χ0v) is 11.3. The van der Waals surface area contributed by atoms with Crippen molar-refractivity contribution in [3.63, 3.8) is 0 Å². The van der Waals surface area contributed by atoms with Crippen molar-refractivity contribution in [2.75, 3.05) is 0 Å². The summed E-state index contributed by atoms with van der Waals surface area (Å²) >= 11 is 0. The highest BCUT2D eigenvalue weighted by Gasteiger charge is 2.74. The lowest BCUT2D eigenvalue weighted by Crippen LogP contribution is -2.58. The molecule has 6 nitrogen and oxygen atoms in total. The maximum Gasteiger partial charge on any atom is 0.326 e. The van der Waals surface area contributed by atoms with Gasteiger partial charge in [0.15, 0.2) is 0 Å². The van der Waals surface area contributed by atoms with Gasteiger partial charge >= 0.3 is 11.9 Å². The highest BCUT2D eigenvalue weighted by molar-refractivity contribution is 5.86. The van der Waals surface area contributed by atoms with Gasteiger partial charge in [-0.3, -0.25) is 9.59 Å². The Kier molecular flexibility index (Phi) is 3.22. The van der Waals surface area contributed by atoms with E-state index < -0.39 is 35.4 Å². The molecule has 0 saturated heterocycles. The van der Waals surface area contributed by atoms with Gasteiger partial charge in [-0.1, -0.05) is 30.3 Å². The summed E-state index contributed by atoms with van der Waals surface area (Å²) in [5.41, 5.74) is 5.36. The van der Waals surface area contributed by atoms with Gasteiger partial charge in [-0.05, 0) is 17.9 Å². The number of hydrogen-bond acceptors (Lipinski definition) is 4. The summed E-state index contributed by atoms with van der Waals surface area (Å²) in [7, 11) is 0. The van der Waals surface area contributed by atoms with Crippen molar-refractivity contribution in [3.8, 4) is 0 Å². The molecule has 2 aliphatic carbocycles. The lowest BCUT2D eigenvalue weighted by Gasteiger charge is -2.30. The topological polar surface area (TPSA) is 110 Å². The summed E-state index contributed by atoms with van der Waals surface area (Å²) in [6, 6.07) is 9.40. The second kappa shape index (κ2) is 4.82. The van der Waals surface area contributed by atoms with Crippen molar-refractivity contribution in [2.24, 2.45) is 23.5 Å². The molecule has 0 amide bonds. The van der Waals surface area contributed by atoms with Crippen LogP contribution in [0.25, 0.3) is 0 Å². The molecule has 2 fully saturated rings. The van der Waals surface area contributed by atoms with Crippen molar-refractivity contribution in [1.82, 2.24) is 0 Å². The number of hydrogen-bond donors (Lipinski definition) is 3. The van der Waals surface area contributed by atoms with E-state index in [0.29, 0.717) is 6.42 Å². The van der Waals surface area contributed by atoms with Gasteiger partial charge in [0.05, 0.1) is 18.6 Å². The Balaban J connectivity index is 1.72. The van der Waals surface area contributed by atoms with Crippen molar-refractivity contribution < 1.29 is 24.5 Å². The standard InChI is InChI=1S/C15H17NO5/c16-15(14(19)20)10(6-9-11(12(9)15)13(17)18)21-7-8-4-2-1-3-5-8/h1-5,9-12H,6-7,16H2,(H,17,18)(H,19,20)/t9-,10+,11-,12-,15-/m0/s1. The van der Waals surface area contributed by atoms with Crippen LogP contribution in [0, 0.1) is 17.8 Å². The number of carboxylic acids is 2. The summed E-state index contributed by atoms with van der Waals surface area (Å²) in [4.78, 5) is 22.6. The minimum atomic E-state index is -1.61. The molecule has 2 aliphatic rings.